The first kappa shape index (κ1) is 28.4. The van der Waals surface area contributed by atoms with Gasteiger partial charge in [-0.2, -0.15) is 0 Å². The van der Waals surface area contributed by atoms with E-state index >= 15 is 0 Å². The van der Waals surface area contributed by atoms with E-state index in [1.165, 1.54) is 23.8 Å². The summed E-state index contributed by atoms with van der Waals surface area (Å²) < 4.78 is 30.5. The first-order valence-corrected chi connectivity index (χ1v) is 19.2. The van der Waals surface area contributed by atoms with Crippen LogP contribution < -0.4 is 0 Å². The SMILES string of the molecule is CC(C)(C)[Si](C)(C)O[C@@H]1[C@@H]2O[Si](C(C)(C)C)(C(C)(C)C)OC[C@H]2O[C@H]1n1cc2c3c(ncnc31)CCCC2. The number of aryl methyl sites for hydroxylation is 2. The third-order valence-corrected chi connectivity index (χ3v) is 19.0. The van der Waals surface area contributed by atoms with Crippen LogP contribution in [-0.4, -0.2) is 56.3 Å². The van der Waals surface area contributed by atoms with E-state index in [1.807, 2.05) is 0 Å². The second kappa shape index (κ2) is 9.21. The molecule has 0 N–H and O–H groups in total. The third kappa shape index (κ3) is 4.45. The Kier molecular flexibility index (Phi) is 6.89. The average Bonchev–Trinajstić information content (AvgIpc) is 3.24. The molecule has 0 unspecified atom stereocenters. The molecule has 2 fully saturated rings. The molecule has 0 amide bonds. The summed E-state index contributed by atoms with van der Waals surface area (Å²) >= 11 is 0. The van der Waals surface area contributed by atoms with E-state index < -0.39 is 16.9 Å². The van der Waals surface area contributed by atoms with Crippen LogP contribution in [0.15, 0.2) is 12.5 Å². The van der Waals surface area contributed by atoms with Crippen molar-refractivity contribution in [2.24, 2.45) is 0 Å². The van der Waals surface area contributed by atoms with Crippen LogP contribution in [0.2, 0.25) is 28.2 Å². The van der Waals surface area contributed by atoms with Gasteiger partial charge in [0, 0.05) is 21.7 Å². The molecule has 1 aliphatic carbocycles. The zero-order valence-corrected chi connectivity index (χ0v) is 27.5. The molecular formula is C29H49N3O4Si2. The Hall–Kier alpha value is -1.11. The van der Waals surface area contributed by atoms with Gasteiger partial charge in [0.2, 0.25) is 0 Å². The lowest BCUT2D eigenvalue weighted by Gasteiger charge is -2.54. The van der Waals surface area contributed by atoms with E-state index in [0.717, 1.165) is 24.2 Å². The predicted octanol–water partition coefficient (Wildman–Crippen LogP) is 7.06. The molecule has 0 bridgehead atoms. The van der Waals surface area contributed by atoms with Crippen LogP contribution in [0.4, 0.5) is 0 Å². The lowest BCUT2D eigenvalue weighted by molar-refractivity contribution is -0.0794. The van der Waals surface area contributed by atoms with Crippen molar-refractivity contribution in [3.8, 4) is 0 Å². The highest BCUT2D eigenvalue weighted by atomic mass is 28.4. The van der Waals surface area contributed by atoms with Crippen LogP contribution in [0.5, 0.6) is 0 Å². The minimum atomic E-state index is -2.71. The Morgan fingerprint density at radius 1 is 0.974 bits per heavy atom. The first-order chi connectivity index (χ1) is 17.5. The summed E-state index contributed by atoms with van der Waals surface area (Å²) in [6.45, 7) is 25.7. The molecule has 0 spiro atoms. The number of aromatic nitrogens is 3. The molecule has 3 aliphatic rings. The van der Waals surface area contributed by atoms with Gasteiger partial charge in [0.15, 0.2) is 14.5 Å². The quantitative estimate of drug-likeness (QED) is 0.375. The number of rotatable bonds is 3. The van der Waals surface area contributed by atoms with E-state index in [0.29, 0.717) is 6.61 Å². The minimum absolute atomic E-state index is 0.0590. The fraction of sp³-hybridized carbons (Fsp3) is 0.793. The van der Waals surface area contributed by atoms with Gasteiger partial charge in [0.05, 0.1) is 12.3 Å². The fourth-order valence-electron chi connectivity index (χ4n) is 6.60. The predicted molar refractivity (Wildman–Crippen MR) is 156 cm³/mol. The molecule has 0 radical (unpaired) electrons. The summed E-state index contributed by atoms with van der Waals surface area (Å²) in [6, 6.07) is 0. The summed E-state index contributed by atoms with van der Waals surface area (Å²) in [5.74, 6) is 0. The zero-order valence-electron chi connectivity index (χ0n) is 25.5. The van der Waals surface area contributed by atoms with Crippen molar-refractivity contribution in [2.45, 2.75) is 141 Å². The number of hydrogen-bond donors (Lipinski definition) is 0. The summed E-state index contributed by atoms with van der Waals surface area (Å²) in [4.78, 5) is 9.46. The van der Waals surface area contributed by atoms with Crippen LogP contribution in [0, 0.1) is 0 Å². The molecule has 212 valence electrons. The molecule has 5 rings (SSSR count). The highest BCUT2D eigenvalue weighted by Gasteiger charge is 2.66. The first-order valence-electron chi connectivity index (χ1n) is 14.5. The van der Waals surface area contributed by atoms with Gasteiger partial charge in [-0.3, -0.25) is 0 Å². The molecule has 9 heteroatoms. The Labute approximate surface area is 231 Å². The summed E-state index contributed by atoms with van der Waals surface area (Å²) in [7, 11) is -4.87. The lowest BCUT2D eigenvalue weighted by atomic mass is 10.1. The molecule has 38 heavy (non-hydrogen) atoms. The van der Waals surface area contributed by atoms with Gasteiger partial charge in [-0.05, 0) is 49.4 Å². The molecule has 2 aromatic rings. The van der Waals surface area contributed by atoms with Gasteiger partial charge in [0.1, 0.15) is 30.3 Å². The minimum Gasteiger partial charge on any atom is -0.407 e. The molecule has 4 atom stereocenters. The van der Waals surface area contributed by atoms with Gasteiger partial charge in [-0.1, -0.05) is 62.3 Å². The Balaban J connectivity index is 1.62. The summed E-state index contributed by atoms with van der Waals surface area (Å²) in [6.07, 6.45) is 7.40. The third-order valence-electron chi connectivity index (χ3n) is 9.40. The fourth-order valence-corrected chi connectivity index (χ4v) is 12.8. The maximum Gasteiger partial charge on any atom is 0.349 e. The number of ether oxygens (including phenoxy) is 1. The molecule has 7 nitrogen and oxygen atoms in total. The summed E-state index contributed by atoms with van der Waals surface area (Å²) in [5.41, 5.74) is 3.43. The van der Waals surface area contributed by atoms with Crippen molar-refractivity contribution in [1.82, 2.24) is 14.5 Å². The van der Waals surface area contributed by atoms with E-state index in [2.05, 4.69) is 91.2 Å². The lowest BCUT2D eigenvalue weighted by Crippen LogP contribution is -2.66. The topological polar surface area (TPSA) is 67.6 Å². The van der Waals surface area contributed by atoms with Gasteiger partial charge in [0.25, 0.3) is 0 Å². The van der Waals surface area contributed by atoms with Crippen molar-refractivity contribution in [3.63, 3.8) is 0 Å². The zero-order chi connectivity index (χ0) is 27.9. The Morgan fingerprint density at radius 2 is 1.63 bits per heavy atom. The largest absolute Gasteiger partial charge is 0.407 e. The highest BCUT2D eigenvalue weighted by Crippen LogP contribution is 2.56. The molecule has 2 saturated heterocycles. The van der Waals surface area contributed by atoms with Crippen LogP contribution in [0.3, 0.4) is 0 Å². The van der Waals surface area contributed by atoms with Crippen LogP contribution in [0.25, 0.3) is 11.0 Å². The second-order valence-corrected chi connectivity index (χ2v) is 24.7. The molecule has 0 aromatic carbocycles. The molecule has 2 aliphatic heterocycles. The standard InChI is InChI=1S/C29H49N3O4Si2/c1-27(2,3)37(10,11)35-24-23-21(17-33-38(36-23,28(4,5)6)29(7,8)9)34-26(24)32-16-19-14-12-13-15-20-22(19)25(32)31-18-30-20/h16,18,21,23-24,26H,12-15,17H2,1-11H3/t21-,23-,24-,26-/m1/s1. The van der Waals surface area contributed by atoms with Crippen molar-refractivity contribution < 1.29 is 18.0 Å². The van der Waals surface area contributed by atoms with Crippen molar-refractivity contribution in [1.29, 1.82) is 0 Å². The van der Waals surface area contributed by atoms with Crippen molar-refractivity contribution in [3.05, 3.63) is 23.8 Å². The van der Waals surface area contributed by atoms with Gasteiger partial charge in [-0.15, -0.1) is 0 Å². The van der Waals surface area contributed by atoms with Gasteiger partial charge < -0.3 is 22.6 Å². The number of fused-ring (bicyclic) bond motifs is 1. The number of hydrogen-bond acceptors (Lipinski definition) is 6. The van der Waals surface area contributed by atoms with Crippen LogP contribution in [-0.2, 0) is 30.9 Å². The molecule has 4 heterocycles. The monoisotopic (exact) mass is 559 g/mol. The average molecular weight is 560 g/mol. The summed E-state index contributed by atoms with van der Waals surface area (Å²) in [5, 5.41) is 1.05. The van der Waals surface area contributed by atoms with E-state index in [-0.39, 0.29) is 39.7 Å². The molecule has 0 saturated carbocycles. The molecule has 2 aromatic heterocycles. The Morgan fingerprint density at radius 3 is 2.26 bits per heavy atom. The molecular weight excluding hydrogens is 511 g/mol. The van der Waals surface area contributed by atoms with Gasteiger partial charge >= 0.3 is 8.56 Å². The van der Waals surface area contributed by atoms with Crippen molar-refractivity contribution >= 4 is 27.9 Å². The Bertz CT molecular complexity index is 1180. The normalized spacial score (nSPS) is 28.4. The van der Waals surface area contributed by atoms with Gasteiger partial charge in [-0.25, -0.2) is 9.97 Å². The maximum atomic E-state index is 7.29. The van der Waals surface area contributed by atoms with E-state index in [4.69, 9.17) is 23.0 Å². The maximum absolute atomic E-state index is 7.29. The van der Waals surface area contributed by atoms with E-state index in [9.17, 15) is 0 Å². The van der Waals surface area contributed by atoms with E-state index in [1.54, 1.807) is 6.33 Å². The van der Waals surface area contributed by atoms with Crippen molar-refractivity contribution in [2.75, 3.05) is 6.61 Å². The highest BCUT2D eigenvalue weighted by molar-refractivity contribution is 6.74. The number of nitrogens with zero attached hydrogens (tertiary/aromatic N) is 3. The second-order valence-electron chi connectivity index (χ2n) is 15.2. The van der Waals surface area contributed by atoms with Crippen LogP contribution >= 0.6 is 0 Å². The smallest absolute Gasteiger partial charge is 0.349 e. The van der Waals surface area contributed by atoms with Crippen LogP contribution in [0.1, 0.15) is 92.6 Å².